The van der Waals surface area contributed by atoms with E-state index in [2.05, 4.69) is 34.9 Å². The number of hydrogen-bond acceptors (Lipinski definition) is 3. The second-order valence-corrected chi connectivity index (χ2v) is 3.52. The van der Waals surface area contributed by atoms with Gasteiger partial charge < -0.3 is 11.5 Å². The summed E-state index contributed by atoms with van der Waals surface area (Å²) in [6, 6.07) is 0. The second-order valence-electron chi connectivity index (χ2n) is 0.850. The summed E-state index contributed by atoms with van der Waals surface area (Å²) in [5.74, 6) is 0. The van der Waals surface area contributed by atoms with Gasteiger partial charge in [0.25, 0.3) is 9.05 Å². The largest absolute Gasteiger partial charge is 0.377 e. The second kappa shape index (κ2) is 4.82. The molecular weight excluding hydrogens is 184 g/mol. The molecule has 8 heteroatoms. The van der Waals surface area contributed by atoms with Crippen molar-refractivity contribution in [3.05, 3.63) is 0 Å². The third-order valence-corrected chi connectivity index (χ3v) is 0. The Hall–Kier alpha value is -0.0200. The van der Waals surface area contributed by atoms with Crippen molar-refractivity contribution in [1.29, 1.82) is 0 Å². The maximum atomic E-state index is 9.11. The zero-order valence-electron chi connectivity index (χ0n) is 4.18. The van der Waals surface area contributed by atoms with Crippen LogP contribution in [-0.2, 0) is 20.2 Å². The van der Waals surface area contributed by atoms with E-state index < -0.39 is 9.05 Å². The van der Waals surface area contributed by atoms with Crippen LogP contribution >= 0.6 is 12.2 Å². The Kier molecular flexibility index (Phi) is 6.29. The predicted molar refractivity (Wildman–Crippen MR) is 41.7 cm³/mol. The number of rotatable bonds is 0. The molecule has 0 aliphatic carbocycles. The van der Waals surface area contributed by atoms with Gasteiger partial charge in [0.05, 0.1) is 0 Å². The smallest absolute Gasteiger partial charge is 0.263 e. The molecule has 0 spiro atoms. The first kappa shape index (κ1) is 11.7. The van der Waals surface area contributed by atoms with Crippen molar-refractivity contribution in [2.75, 3.05) is 0 Å². The summed E-state index contributed by atoms with van der Waals surface area (Å²) in [7, 11) is -3.83. The molecule has 0 aromatic rings. The van der Waals surface area contributed by atoms with Gasteiger partial charge in [-0.05, 0) is 12.2 Å². The SMILES string of the molecule is NC(N)=S.O=S(O)(O)=S. The molecule has 0 radical (unpaired) electrons. The van der Waals surface area contributed by atoms with Crippen molar-refractivity contribution in [3.63, 3.8) is 0 Å². The van der Waals surface area contributed by atoms with Gasteiger partial charge in [-0.1, -0.05) is 0 Å². The van der Waals surface area contributed by atoms with E-state index in [0.29, 0.717) is 0 Å². The zero-order chi connectivity index (χ0) is 8.08. The molecule has 0 aliphatic heterocycles. The van der Waals surface area contributed by atoms with Gasteiger partial charge in [0.1, 0.15) is 0 Å². The minimum atomic E-state index is -3.83. The molecule has 0 unspecified atom stereocenters. The fourth-order valence-electron chi connectivity index (χ4n) is 0. The average Bonchev–Trinajstić information content (AvgIpc) is 1.19. The van der Waals surface area contributed by atoms with Crippen molar-refractivity contribution in [1.82, 2.24) is 0 Å². The van der Waals surface area contributed by atoms with Crippen LogP contribution < -0.4 is 11.5 Å². The van der Waals surface area contributed by atoms with Gasteiger partial charge in [-0.15, -0.1) is 0 Å². The Morgan fingerprint density at radius 1 is 1.44 bits per heavy atom. The fourth-order valence-corrected chi connectivity index (χ4v) is 0. The van der Waals surface area contributed by atoms with E-state index in [1.807, 2.05) is 0 Å². The molecule has 0 saturated heterocycles. The summed E-state index contributed by atoms with van der Waals surface area (Å²) in [4.78, 5) is 0. The molecule has 5 nitrogen and oxygen atoms in total. The van der Waals surface area contributed by atoms with Crippen LogP contribution in [0.2, 0.25) is 0 Å². The van der Waals surface area contributed by atoms with Crippen LogP contribution in [0.5, 0.6) is 0 Å². The van der Waals surface area contributed by atoms with Gasteiger partial charge in [0.15, 0.2) is 5.11 Å². The lowest BCUT2D eigenvalue weighted by Gasteiger charge is -1.73. The van der Waals surface area contributed by atoms with Crippen molar-refractivity contribution in [2.24, 2.45) is 11.5 Å². The quantitative estimate of drug-likeness (QED) is 0.358. The molecule has 0 fully saturated rings. The summed E-state index contributed by atoms with van der Waals surface area (Å²) in [6.45, 7) is 0. The maximum Gasteiger partial charge on any atom is 0.263 e. The van der Waals surface area contributed by atoms with E-state index in [4.69, 9.17) is 13.3 Å². The van der Waals surface area contributed by atoms with E-state index in [1.165, 1.54) is 0 Å². The predicted octanol–water partition coefficient (Wildman–Crippen LogP) is -1.13. The molecule has 0 aromatic carbocycles. The summed E-state index contributed by atoms with van der Waals surface area (Å²) in [6.07, 6.45) is 0. The normalized spacial score (nSPS) is 9.11. The third-order valence-electron chi connectivity index (χ3n) is 0. The average molecular weight is 190 g/mol. The summed E-state index contributed by atoms with van der Waals surface area (Å²) in [5.41, 5.74) is 9.24. The van der Waals surface area contributed by atoms with Crippen LogP contribution in [-0.4, -0.2) is 18.4 Å². The van der Waals surface area contributed by atoms with Crippen LogP contribution in [0.15, 0.2) is 0 Å². The minimum absolute atomic E-state index is 0.000000000000000222. The molecule has 0 bridgehead atoms. The lowest BCUT2D eigenvalue weighted by Crippen LogP contribution is -2.18. The highest BCUT2D eigenvalue weighted by Gasteiger charge is 1.78. The lowest BCUT2D eigenvalue weighted by atomic mass is 11.3. The molecule has 0 amide bonds. The first-order valence-corrected chi connectivity index (χ1v) is 4.29. The molecule has 56 valence electrons. The number of hydrogen-bond donors (Lipinski definition) is 4. The van der Waals surface area contributed by atoms with E-state index in [1.54, 1.807) is 0 Å². The van der Waals surface area contributed by atoms with Gasteiger partial charge >= 0.3 is 0 Å². The number of thiocarbonyl (C=S) groups is 1. The van der Waals surface area contributed by atoms with Gasteiger partial charge in [-0.2, -0.15) is 4.21 Å². The van der Waals surface area contributed by atoms with Gasteiger partial charge in [0, 0.05) is 11.2 Å². The van der Waals surface area contributed by atoms with Crippen LogP contribution in [0.3, 0.4) is 0 Å². The summed E-state index contributed by atoms with van der Waals surface area (Å²) >= 11 is 7.56. The van der Waals surface area contributed by atoms with Gasteiger partial charge in [-0.25, -0.2) is 0 Å². The maximum absolute atomic E-state index is 9.11. The van der Waals surface area contributed by atoms with Crippen molar-refractivity contribution < 1.29 is 13.3 Å². The molecule has 0 rings (SSSR count). The zero-order valence-corrected chi connectivity index (χ0v) is 6.63. The summed E-state index contributed by atoms with van der Waals surface area (Å²) in [5, 5.41) is 0.000000000000000222. The molecule has 0 atom stereocenters. The lowest BCUT2D eigenvalue weighted by molar-refractivity contribution is 0.450. The van der Waals surface area contributed by atoms with Crippen molar-refractivity contribution in [3.8, 4) is 0 Å². The Labute approximate surface area is 62.7 Å². The Bertz CT molecular complexity index is 159. The number of nitrogens with two attached hydrogens (primary N) is 2. The van der Waals surface area contributed by atoms with Crippen molar-refractivity contribution in [2.45, 2.75) is 0 Å². The topological polar surface area (TPSA) is 110 Å². The minimum Gasteiger partial charge on any atom is -0.377 e. The molecule has 9 heavy (non-hydrogen) atoms. The molecule has 0 heterocycles. The first-order valence-electron chi connectivity index (χ1n) is 1.48. The molecular formula is CH6N2O3S3. The van der Waals surface area contributed by atoms with Crippen LogP contribution in [0.25, 0.3) is 0 Å². The fraction of sp³-hybridized carbons (Fsp3) is 0. The highest BCUT2D eigenvalue weighted by atomic mass is 32.9. The highest BCUT2D eigenvalue weighted by molar-refractivity contribution is 8.26. The molecule has 6 N–H and O–H groups in total. The van der Waals surface area contributed by atoms with Gasteiger partial charge in [-0.3, -0.25) is 9.11 Å². The van der Waals surface area contributed by atoms with Crippen LogP contribution in [0.1, 0.15) is 0 Å². The standard InChI is InChI=1S/CH4N2S.H2O3S2/c2-1(3)4;1-5(2,3)4/h(H4,2,3,4);(H2,1,2,3,4). The third kappa shape index (κ3) is 713000. The van der Waals surface area contributed by atoms with E-state index >= 15 is 0 Å². The molecule has 0 aliphatic rings. The van der Waals surface area contributed by atoms with E-state index in [9.17, 15) is 0 Å². The Morgan fingerprint density at radius 3 is 1.44 bits per heavy atom. The van der Waals surface area contributed by atoms with E-state index in [0.717, 1.165) is 0 Å². The van der Waals surface area contributed by atoms with Crippen LogP contribution in [0.4, 0.5) is 0 Å². The van der Waals surface area contributed by atoms with Crippen LogP contribution in [0, 0.1) is 0 Å². The van der Waals surface area contributed by atoms with E-state index in [-0.39, 0.29) is 5.11 Å². The Balaban J connectivity index is 0. The monoisotopic (exact) mass is 190 g/mol. The molecule has 0 aromatic heterocycles. The first-order chi connectivity index (χ1) is 3.73. The highest BCUT2D eigenvalue weighted by Crippen LogP contribution is 1.62. The Morgan fingerprint density at radius 2 is 1.44 bits per heavy atom. The van der Waals surface area contributed by atoms with Crippen molar-refractivity contribution >= 4 is 37.6 Å². The van der Waals surface area contributed by atoms with Gasteiger partial charge in [0.2, 0.25) is 0 Å². The molecule has 0 saturated carbocycles. The summed E-state index contributed by atoms with van der Waals surface area (Å²) < 4.78 is 24.0.